The molecule has 2 aromatic rings. The van der Waals surface area contributed by atoms with E-state index in [0.717, 1.165) is 6.42 Å². The number of nitrogens with one attached hydrogen (secondary N) is 1. The van der Waals surface area contributed by atoms with Crippen molar-refractivity contribution in [1.29, 1.82) is 0 Å². The maximum absolute atomic E-state index is 13.1. The molecule has 0 aromatic heterocycles. The Bertz CT molecular complexity index is 856. The molecule has 0 unspecified atom stereocenters. The van der Waals surface area contributed by atoms with Gasteiger partial charge in [-0.1, -0.05) is 60.8 Å². The lowest BCUT2D eigenvalue weighted by Gasteiger charge is -2.31. The van der Waals surface area contributed by atoms with Crippen molar-refractivity contribution >= 4 is 46.6 Å². The van der Waals surface area contributed by atoms with Crippen LogP contribution in [0.15, 0.2) is 42.5 Å². The molecule has 30 heavy (non-hydrogen) atoms. The summed E-state index contributed by atoms with van der Waals surface area (Å²) < 4.78 is 5.61. The van der Waals surface area contributed by atoms with Crippen LogP contribution in [-0.2, 0) is 16.1 Å². The maximum Gasteiger partial charge on any atom is 0.261 e. The lowest BCUT2D eigenvalue weighted by atomic mass is 10.1. The van der Waals surface area contributed by atoms with Gasteiger partial charge in [0, 0.05) is 33.7 Å². The number of ether oxygens (including phenoxy) is 1. The zero-order chi connectivity index (χ0) is 22.1. The molecule has 5 nitrogen and oxygen atoms in total. The molecule has 0 spiro atoms. The average molecular weight is 472 g/mol. The Kier molecular flexibility index (Phi) is 9.76. The Labute approximate surface area is 192 Å². The number of carbonyl (C=O) groups is 2. The number of rotatable bonds is 10. The second-order valence-electron chi connectivity index (χ2n) is 6.68. The summed E-state index contributed by atoms with van der Waals surface area (Å²) in [5.74, 6) is -0.113. The van der Waals surface area contributed by atoms with E-state index in [1.165, 1.54) is 4.90 Å². The molecule has 1 N–H and O–H groups in total. The fourth-order valence-corrected chi connectivity index (χ4v) is 3.62. The first-order valence-corrected chi connectivity index (χ1v) is 10.9. The number of nitrogens with zero attached hydrogens (tertiary/aromatic N) is 1. The van der Waals surface area contributed by atoms with Crippen LogP contribution in [-0.4, -0.2) is 35.9 Å². The van der Waals surface area contributed by atoms with Gasteiger partial charge < -0.3 is 15.0 Å². The normalized spacial score (nSPS) is 11.6. The first-order valence-electron chi connectivity index (χ1n) is 9.75. The van der Waals surface area contributed by atoms with Gasteiger partial charge in [-0.15, -0.1) is 0 Å². The fourth-order valence-electron chi connectivity index (χ4n) is 2.92. The van der Waals surface area contributed by atoms with E-state index in [0.29, 0.717) is 39.3 Å². The Morgan fingerprint density at radius 3 is 2.33 bits per heavy atom. The van der Waals surface area contributed by atoms with Crippen molar-refractivity contribution in [2.75, 3.05) is 13.2 Å². The van der Waals surface area contributed by atoms with Gasteiger partial charge >= 0.3 is 0 Å². The molecule has 0 bridgehead atoms. The Morgan fingerprint density at radius 2 is 1.73 bits per heavy atom. The monoisotopic (exact) mass is 470 g/mol. The Morgan fingerprint density at radius 1 is 1.07 bits per heavy atom. The topological polar surface area (TPSA) is 58.6 Å². The second-order valence-corrected chi connectivity index (χ2v) is 7.93. The molecule has 0 aliphatic heterocycles. The molecule has 0 aliphatic carbocycles. The molecular formula is C22H25Cl3N2O3. The number of amides is 2. The summed E-state index contributed by atoms with van der Waals surface area (Å²) in [5, 5.41) is 4.22. The molecule has 2 amide bonds. The van der Waals surface area contributed by atoms with Crippen molar-refractivity contribution in [3.63, 3.8) is 0 Å². The summed E-state index contributed by atoms with van der Waals surface area (Å²) in [6.07, 6.45) is 1.23. The average Bonchev–Trinajstić information content (AvgIpc) is 2.72. The van der Waals surface area contributed by atoms with Crippen molar-refractivity contribution in [3.05, 3.63) is 63.1 Å². The van der Waals surface area contributed by atoms with Crippen LogP contribution >= 0.6 is 34.8 Å². The third kappa shape index (κ3) is 6.79. The smallest absolute Gasteiger partial charge is 0.261 e. The molecule has 0 saturated carbocycles. The largest absolute Gasteiger partial charge is 0.484 e. The van der Waals surface area contributed by atoms with Crippen LogP contribution in [0.3, 0.4) is 0 Å². The van der Waals surface area contributed by atoms with Crippen molar-refractivity contribution in [1.82, 2.24) is 10.2 Å². The van der Waals surface area contributed by atoms with Gasteiger partial charge in [-0.2, -0.15) is 0 Å². The van der Waals surface area contributed by atoms with Crippen molar-refractivity contribution in [2.24, 2.45) is 0 Å². The summed E-state index contributed by atoms with van der Waals surface area (Å²) in [6.45, 7) is 4.19. The van der Waals surface area contributed by atoms with Crippen molar-refractivity contribution < 1.29 is 14.3 Å². The molecule has 0 fully saturated rings. The standard InChI is InChI=1S/C22H25Cl3N2O3/c1-3-11-26-22(29)20(4-2)27(13-17-18(24)9-6-10-19(17)25)21(28)14-30-16-8-5-7-15(23)12-16/h5-10,12,20H,3-4,11,13-14H2,1-2H3,(H,26,29)/t20-/m0/s1. The zero-order valence-electron chi connectivity index (χ0n) is 17.0. The van der Waals surface area contributed by atoms with Crippen molar-refractivity contribution in [2.45, 2.75) is 39.3 Å². The summed E-state index contributed by atoms with van der Waals surface area (Å²) in [7, 11) is 0. The van der Waals surface area contributed by atoms with E-state index in [1.54, 1.807) is 42.5 Å². The van der Waals surface area contributed by atoms with Crippen LogP contribution in [0.25, 0.3) is 0 Å². The van der Waals surface area contributed by atoms with Gasteiger partial charge in [-0.05, 0) is 43.2 Å². The maximum atomic E-state index is 13.1. The SMILES string of the molecule is CCCNC(=O)[C@H](CC)N(Cc1c(Cl)cccc1Cl)C(=O)COc1cccc(Cl)c1. The molecule has 2 rings (SSSR count). The molecular weight excluding hydrogens is 447 g/mol. The highest BCUT2D eigenvalue weighted by atomic mass is 35.5. The highest BCUT2D eigenvalue weighted by Gasteiger charge is 2.29. The summed E-state index contributed by atoms with van der Waals surface area (Å²) in [6, 6.07) is 11.2. The van der Waals surface area contributed by atoms with E-state index in [9.17, 15) is 9.59 Å². The number of carbonyl (C=O) groups excluding carboxylic acids is 2. The highest BCUT2D eigenvalue weighted by Crippen LogP contribution is 2.27. The Hall–Kier alpha value is -1.95. The first kappa shape index (κ1) is 24.3. The van der Waals surface area contributed by atoms with Crippen LogP contribution in [0.1, 0.15) is 32.3 Å². The van der Waals surface area contributed by atoms with E-state index >= 15 is 0 Å². The quantitative estimate of drug-likeness (QED) is 0.507. The lowest BCUT2D eigenvalue weighted by Crippen LogP contribution is -2.50. The van der Waals surface area contributed by atoms with Crippen molar-refractivity contribution in [3.8, 4) is 5.75 Å². The van der Waals surface area contributed by atoms with Crippen LogP contribution < -0.4 is 10.1 Å². The molecule has 0 aliphatic rings. The van der Waals surface area contributed by atoms with Gasteiger partial charge in [-0.3, -0.25) is 9.59 Å². The van der Waals surface area contributed by atoms with Gasteiger partial charge in [0.2, 0.25) is 5.91 Å². The van der Waals surface area contributed by atoms with E-state index in [-0.39, 0.29) is 25.0 Å². The van der Waals surface area contributed by atoms with Gasteiger partial charge in [0.15, 0.2) is 6.61 Å². The molecule has 1 atom stereocenters. The van der Waals surface area contributed by atoms with E-state index in [4.69, 9.17) is 39.5 Å². The number of hydrogen-bond acceptors (Lipinski definition) is 3. The molecule has 8 heteroatoms. The van der Waals surface area contributed by atoms with Gasteiger partial charge in [0.1, 0.15) is 11.8 Å². The lowest BCUT2D eigenvalue weighted by molar-refractivity contribution is -0.143. The van der Waals surface area contributed by atoms with E-state index in [1.807, 2.05) is 13.8 Å². The molecule has 0 heterocycles. The third-order valence-electron chi connectivity index (χ3n) is 4.48. The van der Waals surface area contributed by atoms with Crippen LogP contribution in [0, 0.1) is 0 Å². The molecule has 2 aromatic carbocycles. The highest BCUT2D eigenvalue weighted by molar-refractivity contribution is 6.36. The van der Waals surface area contributed by atoms with Crippen LogP contribution in [0.2, 0.25) is 15.1 Å². The number of benzene rings is 2. The number of halogens is 3. The van der Waals surface area contributed by atoms with Gasteiger partial charge in [0.25, 0.3) is 5.91 Å². The van der Waals surface area contributed by atoms with Crippen LogP contribution in [0.4, 0.5) is 0 Å². The summed E-state index contributed by atoms with van der Waals surface area (Å²) in [5.41, 5.74) is 0.582. The zero-order valence-corrected chi connectivity index (χ0v) is 19.2. The molecule has 0 saturated heterocycles. The fraction of sp³-hybridized carbons (Fsp3) is 0.364. The summed E-state index contributed by atoms with van der Waals surface area (Å²) in [4.78, 5) is 27.3. The minimum absolute atomic E-state index is 0.0916. The van der Waals surface area contributed by atoms with E-state index < -0.39 is 6.04 Å². The van der Waals surface area contributed by atoms with Gasteiger partial charge in [0.05, 0.1) is 0 Å². The molecule has 0 radical (unpaired) electrons. The minimum Gasteiger partial charge on any atom is -0.484 e. The minimum atomic E-state index is -0.681. The third-order valence-corrected chi connectivity index (χ3v) is 5.43. The first-order chi connectivity index (χ1) is 14.4. The summed E-state index contributed by atoms with van der Waals surface area (Å²) >= 11 is 18.6. The Balaban J connectivity index is 2.26. The van der Waals surface area contributed by atoms with E-state index in [2.05, 4.69) is 5.32 Å². The predicted molar refractivity (Wildman–Crippen MR) is 121 cm³/mol. The van der Waals surface area contributed by atoms with Crippen LogP contribution in [0.5, 0.6) is 5.75 Å². The number of hydrogen-bond donors (Lipinski definition) is 1. The molecule has 162 valence electrons. The van der Waals surface area contributed by atoms with Gasteiger partial charge in [-0.25, -0.2) is 0 Å². The predicted octanol–water partition coefficient (Wildman–Crippen LogP) is 5.36. The second kappa shape index (κ2) is 12.0.